The lowest BCUT2D eigenvalue weighted by molar-refractivity contribution is -0.137. The molecule has 3 aromatic rings. The number of hydrogen-bond acceptors (Lipinski definition) is 1. The van der Waals surface area contributed by atoms with Gasteiger partial charge in [0, 0.05) is 0 Å². The van der Waals surface area contributed by atoms with Gasteiger partial charge in [-0.2, -0.15) is 13.2 Å². The number of hydrogen-bond donors (Lipinski definition) is 1. The van der Waals surface area contributed by atoms with Crippen molar-refractivity contribution in [3.8, 4) is 22.3 Å². The van der Waals surface area contributed by atoms with Crippen molar-refractivity contribution in [2.75, 3.05) is 0 Å². The third-order valence-electron chi connectivity index (χ3n) is 3.93. The minimum absolute atomic E-state index is 0.0726. The second-order valence-corrected chi connectivity index (χ2v) is 5.62. The maximum atomic E-state index is 13.6. The van der Waals surface area contributed by atoms with Crippen molar-refractivity contribution in [2.45, 2.75) is 6.18 Å². The fourth-order valence-corrected chi connectivity index (χ4v) is 2.76. The Kier molecular flexibility index (Phi) is 4.50. The van der Waals surface area contributed by atoms with E-state index >= 15 is 0 Å². The molecule has 0 radical (unpaired) electrons. The van der Waals surface area contributed by atoms with Crippen LogP contribution in [-0.4, -0.2) is 11.1 Å². The highest BCUT2D eigenvalue weighted by molar-refractivity contribution is 5.99. The molecule has 0 aliphatic heterocycles. The van der Waals surface area contributed by atoms with E-state index in [9.17, 15) is 27.5 Å². The van der Waals surface area contributed by atoms with Crippen LogP contribution >= 0.6 is 0 Å². The Labute approximate surface area is 146 Å². The zero-order valence-corrected chi connectivity index (χ0v) is 13.2. The summed E-state index contributed by atoms with van der Waals surface area (Å²) >= 11 is 0. The van der Waals surface area contributed by atoms with E-state index in [2.05, 4.69) is 0 Å². The van der Waals surface area contributed by atoms with Crippen molar-refractivity contribution in [1.82, 2.24) is 0 Å². The molecule has 0 saturated heterocycles. The summed E-state index contributed by atoms with van der Waals surface area (Å²) in [5.74, 6) is -1.80. The summed E-state index contributed by atoms with van der Waals surface area (Å²) in [7, 11) is 0. The van der Waals surface area contributed by atoms with Gasteiger partial charge in [0.25, 0.3) is 0 Å². The first-order chi connectivity index (χ1) is 12.3. The van der Waals surface area contributed by atoms with Gasteiger partial charge in [0.2, 0.25) is 0 Å². The van der Waals surface area contributed by atoms with Crippen LogP contribution in [0.2, 0.25) is 0 Å². The Hall–Kier alpha value is -3.15. The molecule has 0 atom stereocenters. The highest BCUT2D eigenvalue weighted by Crippen LogP contribution is 2.39. The second-order valence-electron chi connectivity index (χ2n) is 5.62. The predicted molar refractivity (Wildman–Crippen MR) is 89.2 cm³/mol. The van der Waals surface area contributed by atoms with E-state index in [1.54, 1.807) is 6.07 Å². The SMILES string of the molecule is O=C(O)c1ccccc1-c1cc(C(F)(F)F)ccc1-c1cccc(F)c1. The van der Waals surface area contributed by atoms with Gasteiger partial charge in [-0.15, -0.1) is 0 Å². The van der Waals surface area contributed by atoms with Gasteiger partial charge < -0.3 is 5.11 Å². The maximum Gasteiger partial charge on any atom is 0.416 e. The van der Waals surface area contributed by atoms with Crippen molar-refractivity contribution < 1.29 is 27.5 Å². The summed E-state index contributed by atoms with van der Waals surface area (Å²) in [6, 6.07) is 14.2. The highest BCUT2D eigenvalue weighted by atomic mass is 19.4. The number of halogens is 4. The summed E-state index contributed by atoms with van der Waals surface area (Å²) in [4.78, 5) is 11.5. The van der Waals surface area contributed by atoms with E-state index in [-0.39, 0.29) is 16.7 Å². The van der Waals surface area contributed by atoms with Gasteiger partial charge in [0.1, 0.15) is 5.82 Å². The Morgan fingerprint density at radius 2 is 1.54 bits per heavy atom. The van der Waals surface area contributed by atoms with E-state index in [0.717, 1.165) is 12.1 Å². The van der Waals surface area contributed by atoms with E-state index in [1.165, 1.54) is 48.5 Å². The van der Waals surface area contributed by atoms with Crippen molar-refractivity contribution in [3.63, 3.8) is 0 Å². The number of benzene rings is 3. The summed E-state index contributed by atoms with van der Waals surface area (Å²) in [5, 5.41) is 9.38. The molecule has 0 bridgehead atoms. The first kappa shape index (κ1) is 17.7. The quantitative estimate of drug-likeness (QED) is 0.593. The predicted octanol–water partition coefficient (Wildman–Crippen LogP) is 5.88. The van der Waals surface area contributed by atoms with Crippen molar-refractivity contribution in [3.05, 3.63) is 83.7 Å². The fourth-order valence-electron chi connectivity index (χ4n) is 2.76. The number of carboxylic acid groups (broad SMARTS) is 1. The van der Waals surface area contributed by atoms with Crippen LogP contribution in [0.1, 0.15) is 15.9 Å². The van der Waals surface area contributed by atoms with Gasteiger partial charge >= 0.3 is 12.1 Å². The average Bonchev–Trinajstić information content (AvgIpc) is 2.60. The fraction of sp³-hybridized carbons (Fsp3) is 0.0500. The van der Waals surface area contributed by atoms with Gasteiger partial charge in [0.15, 0.2) is 0 Å². The lowest BCUT2D eigenvalue weighted by atomic mass is 9.90. The van der Waals surface area contributed by atoms with Crippen LogP contribution in [-0.2, 0) is 6.18 Å². The van der Waals surface area contributed by atoms with Gasteiger partial charge in [-0.25, -0.2) is 9.18 Å². The average molecular weight is 360 g/mol. The number of carboxylic acids is 1. The molecule has 132 valence electrons. The molecule has 0 amide bonds. The molecule has 0 aromatic heterocycles. The molecule has 3 rings (SSSR count). The third-order valence-corrected chi connectivity index (χ3v) is 3.93. The largest absolute Gasteiger partial charge is 0.478 e. The van der Waals surface area contributed by atoms with E-state index in [4.69, 9.17) is 0 Å². The van der Waals surface area contributed by atoms with E-state index in [1.807, 2.05) is 0 Å². The summed E-state index contributed by atoms with van der Waals surface area (Å²) in [6.45, 7) is 0. The Balaban J connectivity index is 2.32. The molecule has 2 nitrogen and oxygen atoms in total. The van der Waals surface area contributed by atoms with Crippen LogP contribution < -0.4 is 0 Å². The number of aromatic carboxylic acids is 1. The van der Waals surface area contributed by atoms with Gasteiger partial charge in [-0.05, 0) is 52.6 Å². The van der Waals surface area contributed by atoms with Gasteiger partial charge in [0.05, 0.1) is 11.1 Å². The monoisotopic (exact) mass is 360 g/mol. The standard InChI is InChI=1S/C20H12F4O2/c21-14-5-3-4-12(10-14)15-9-8-13(20(22,23)24)11-18(15)16-6-1-2-7-17(16)19(25)26/h1-11H,(H,25,26). The van der Waals surface area contributed by atoms with E-state index in [0.29, 0.717) is 11.1 Å². The molecular formula is C20H12F4O2. The normalized spacial score (nSPS) is 11.4. The summed E-state index contributed by atoms with van der Waals surface area (Å²) in [5.41, 5.74) is -0.175. The molecule has 3 aromatic carbocycles. The zero-order valence-electron chi connectivity index (χ0n) is 13.2. The lowest BCUT2D eigenvalue weighted by Gasteiger charge is -2.16. The molecule has 0 saturated carbocycles. The van der Waals surface area contributed by atoms with Crippen molar-refractivity contribution in [2.24, 2.45) is 0 Å². The summed E-state index contributed by atoms with van der Waals surface area (Å²) < 4.78 is 53.1. The van der Waals surface area contributed by atoms with Gasteiger partial charge in [-0.1, -0.05) is 36.4 Å². The van der Waals surface area contributed by atoms with Crippen LogP contribution in [0.3, 0.4) is 0 Å². The minimum atomic E-state index is -4.59. The number of alkyl halides is 3. The Morgan fingerprint density at radius 1 is 0.808 bits per heavy atom. The molecule has 0 aliphatic rings. The third kappa shape index (κ3) is 3.44. The molecule has 0 heterocycles. The van der Waals surface area contributed by atoms with Crippen LogP contribution in [0.15, 0.2) is 66.7 Å². The molecule has 26 heavy (non-hydrogen) atoms. The molecule has 0 aliphatic carbocycles. The summed E-state index contributed by atoms with van der Waals surface area (Å²) in [6.07, 6.45) is -4.59. The second kappa shape index (κ2) is 6.63. The smallest absolute Gasteiger partial charge is 0.416 e. The molecule has 0 spiro atoms. The molecule has 0 unspecified atom stereocenters. The highest BCUT2D eigenvalue weighted by Gasteiger charge is 2.31. The van der Waals surface area contributed by atoms with Crippen molar-refractivity contribution in [1.29, 1.82) is 0 Å². The maximum absolute atomic E-state index is 13.6. The van der Waals surface area contributed by atoms with E-state index < -0.39 is 23.5 Å². The Bertz CT molecular complexity index is 978. The molecule has 6 heteroatoms. The van der Waals surface area contributed by atoms with Crippen molar-refractivity contribution >= 4 is 5.97 Å². The van der Waals surface area contributed by atoms with Crippen LogP contribution in [0, 0.1) is 5.82 Å². The van der Waals surface area contributed by atoms with Crippen LogP contribution in [0.25, 0.3) is 22.3 Å². The lowest BCUT2D eigenvalue weighted by Crippen LogP contribution is -2.06. The first-order valence-electron chi connectivity index (χ1n) is 7.57. The minimum Gasteiger partial charge on any atom is -0.478 e. The molecule has 1 N–H and O–H groups in total. The Morgan fingerprint density at radius 3 is 2.19 bits per heavy atom. The number of rotatable bonds is 3. The zero-order chi connectivity index (χ0) is 18.9. The molecule has 0 fully saturated rings. The van der Waals surface area contributed by atoms with Crippen LogP contribution in [0.5, 0.6) is 0 Å². The number of carbonyl (C=O) groups is 1. The topological polar surface area (TPSA) is 37.3 Å². The first-order valence-corrected chi connectivity index (χ1v) is 7.57. The molecular weight excluding hydrogens is 348 g/mol. The van der Waals surface area contributed by atoms with Gasteiger partial charge in [-0.3, -0.25) is 0 Å². The van der Waals surface area contributed by atoms with Crippen LogP contribution in [0.4, 0.5) is 17.6 Å².